The molecule has 0 atom stereocenters. The summed E-state index contributed by atoms with van der Waals surface area (Å²) in [7, 11) is 0. The summed E-state index contributed by atoms with van der Waals surface area (Å²) in [5.41, 5.74) is 14.9. The van der Waals surface area contributed by atoms with E-state index in [0.29, 0.717) is 6.67 Å². The molecule has 0 aliphatic carbocycles. The van der Waals surface area contributed by atoms with Crippen LogP contribution in [0.1, 0.15) is 101 Å². The molecule has 0 fully saturated rings. The first kappa shape index (κ1) is 46.5. The number of hydrogen-bond donors (Lipinski definition) is 0. The molecule has 2 aromatic heterocycles. The molecule has 358 valence electrons. The molecular formula is C67H64N4O. The van der Waals surface area contributed by atoms with Gasteiger partial charge < -0.3 is 14.5 Å². The lowest BCUT2D eigenvalue weighted by Crippen LogP contribution is -2.27. The van der Waals surface area contributed by atoms with E-state index in [0.717, 1.165) is 45.1 Å². The number of aromatic nitrogens is 2. The first-order valence-electron chi connectivity index (χ1n) is 25.4. The highest BCUT2D eigenvalue weighted by atomic mass is 16.5. The topological polar surface area (TPSA) is 33.5 Å². The van der Waals surface area contributed by atoms with Crippen LogP contribution in [0.2, 0.25) is 0 Å². The van der Waals surface area contributed by atoms with Crippen molar-refractivity contribution < 1.29 is 4.74 Å². The van der Waals surface area contributed by atoms with E-state index in [2.05, 4.69) is 283 Å². The summed E-state index contributed by atoms with van der Waals surface area (Å²) in [6.07, 6.45) is 1.94. The first-order valence-corrected chi connectivity index (χ1v) is 25.4. The molecule has 0 N–H and O–H groups in total. The Morgan fingerprint density at radius 1 is 0.375 bits per heavy atom. The van der Waals surface area contributed by atoms with Crippen molar-refractivity contribution in [3.05, 3.63) is 251 Å². The van der Waals surface area contributed by atoms with E-state index in [1.54, 1.807) is 0 Å². The molecule has 8 aromatic carbocycles. The maximum atomic E-state index is 6.89. The molecule has 72 heavy (non-hydrogen) atoms. The molecule has 0 amide bonds. The summed E-state index contributed by atoms with van der Waals surface area (Å²) in [6.45, 7) is 21.5. The van der Waals surface area contributed by atoms with Gasteiger partial charge in [-0.05, 0) is 111 Å². The predicted molar refractivity (Wildman–Crippen MR) is 302 cm³/mol. The minimum atomic E-state index is -0.253. The second-order valence-corrected chi connectivity index (χ2v) is 22.2. The van der Waals surface area contributed by atoms with Crippen LogP contribution in [0.25, 0.3) is 27.6 Å². The lowest BCUT2D eigenvalue weighted by molar-refractivity contribution is 0.483. The van der Waals surface area contributed by atoms with Gasteiger partial charge in [0.25, 0.3) is 0 Å². The average Bonchev–Trinajstić information content (AvgIpc) is 3.95. The summed E-state index contributed by atoms with van der Waals surface area (Å²) in [5.74, 6) is 2.40. The van der Waals surface area contributed by atoms with E-state index in [-0.39, 0.29) is 21.7 Å². The van der Waals surface area contributed by atoms with Crippen molar-refractivity contribution in [2.24, 2.45) is 0 Å². The summed E-state index contributed by atoms with van der Waals surface area (Å²) in [6, 6.07) is 74.9. The van der Waals surface area contributed by atoms with Crippen molar-refractivity contribution in [3.8, 4) is 17.3 Å². The van der Waals surface area contributed by atoms with Gasteiger partial charge >= 0.3 is 0 Å². The predicted octanol–water partition coefficient (Wildman–Crippen LogP) is 17.5. The first-order chi connectivity index (χ1) is 34.6. The van der Waals surface area contributed by atoms with Crippen molar-refractivity contribution in [1.82, 2.24) is 9.55 Å². The number of nitrogens with zero attached hydrogens (tertiary/aromatic N) is 4. The van der Waals surface area contributed by atoms with Crippen LogP contribution in [0, 0.1) is 0 Å². The molecule has 1 aliphatic heterocycles. The summed E-state index contributed by atoms with van der Waals surface area (Å²) < 4.78 is 9.17. The Hall–Kier alpha value is -7.89. The van der Waals surface area contributed by atoms with Crippen LogP contribution in [0.4, 0.5) is 22.7 Å². The number of anilines is 4. The normalized spacial score (nSPS) is 13.2. The number of pyridine rings is 1. The summed E-state index contributed by atoms with van der Waals surface area (Å²) in [5, 5.41) is 2.32. The quantitative estimate of drug-likeness (QED) is 0.129. The van der Waals surface area contributed by atoms with Crippen LogP contribution < -0.4 is 14.5 Å². The average molecular weight is 941 g/mol. The molecule has 11 rings (SSSR count). The molecule has 0 radical (unpaired) electrons. The monoisotopic (exact) mass is 941 g/mol. The fraction of sp³-hybridized carbons (Fsp3) is 0.209. The van der Waals surface area contributed by atoms with Crippen LogP contribution in [0.15, 0.2) is 212 Å². The van der Waals surface area contributed by atoms with Crippen LogP contribution in [0.5, 0.6) is 11.5 Å². The smallest absolute Gasteiger partial charge is 0.137 e. The van der Waals surface area contributed by atoms with Gasteiger partial charge in [-0.3, -0.25) is 4.57 Å². The zero-order chi connectivity index (χ0) is 50.0. The fourth-order valence-electron chi connectivity index (χ4n) is 10.8. The third-order valence-electron chi connectivity index (χ3n) is 15.6. The van der Waals surface area contributed by atoms with E-state index < -0.39 is 0 Å². The Bertz CT molecular complexity index is 3530. The molecule has 0 saturated heterocycles. The number of para-hydroxylation sites is 1. The van der Waals surface area contributed by atoms with E-state index in [9.17, 15) is 0 Å². The standard InChI is InChI=1S/C67H64N4O/c1-64(2,3)49-32-35-60-62(41-49)70(54-39-51(66(6,7)47-24-15-11-16-25-47)38-52(40-54)67(8,9)48-26-17-12-18-27-48)45-69(60)53-28-21-29-55(43-53)72-56-33-34-58-57-30-19-20-31-59(57)71(61(58)44-56)63-42-50(36-37-68-63)65(4,5)46-22-13-10-14-23-46/h10-44H,45H2,1-9H3. The maximum absolute atomic E-state index is 6.89. The Kier molecular flexibility index (Phi) is 11.5. The number of rotatable bonds is 11. The lowest BCUT2D eigenvalue weighted by atomic mass is 9.73. The second kappa shape index (κ2) is 17.8. The number of fused-ring (bicyclic) bond motifs is 4. The van der Waals surface area contributed by atoms with E-state index in [1.807, 2.05) is 6.20 Å². The van der Waals surface area contributed by atoms with Crippen molar-refractivity contribution in [1.29, 1.82) is 0 Å². The van der Waals surface area contributed by atoms with Crippen molar-refractivity contribution in [2.45, 2.75) is 84.0 Å². The highest BCUT2D eigenvalue weighted by molar-refractivity contribution is 6.09. The van der Waals surface area contributed by atoms with Gasteiger partial charge in [0.05, 0.1) is 22.4 Å². The zero-order valence-electron chi connectivity index (χ0n) is 43.1. The van der Waals surface area contributed by atoms with Crippen molar-refractivity contribution >= 4 is 44.6 Å². The van der Waals surface area contributed by atoms with Gasteiger partial charge in [0.15, 0.2) is 0 Å². The third kappa shape index (κ3) is 8.31. The highest BCUT2D eigenvalue weighted by Gasteiger charge is 2.34. The fourth-order valence-corrected chi connectivity index (χ4v) is 10.8. The molecule has 3 heterocycles. The minimum absolute atomic E-state index is 0.0378. The van der Waals surface area contributed by atoms with Gasteiger partial charge in [0, 0.05) is 56.7 Å². The molecule has 5 heteroatoms. The van der Waals surface area contributed by atoms with Crippen LogP contribution in [-0.4, -0.2) is 16.2 Å². The molecule has 1 aliphatic rings. The van der Waals surface area contributed by atoms with Crippen LogP contribution >= 0.6 is 0 Å². The molecule has 0 bridgehead atoms. The Morgan fingerprint density at radius 2 is 0.931 bits per heavy atom. The van der Waals surface area contributed by atoms with Gasteiger partial charge in [0.2, 0.25) is 0 Å². The molecule has 5 nitrogen and oxygen atoms in total. The molecule has 0 spiro atoms. The highest BCUT2D eigenvalue weighted by Crippen LogP contribution is 2.49. The Morgan fingerprint density at radius 3 is 1.56 bits per heavy atom. The van der Waals surface area contributed by atoms with Crippen LogP contribution in [-0.2, 0) is 21.7 Å². The van der Waals surface area contributed by atoms with Crippen molar-refractivity contribution in [3.63, 3.8) is 0 Å². The number of benzene rings is 8. The molecule has 0 saturated carbocycles. The van der Waals surface area contributed by atoms with Gasteiger partial charge in [-0.2, -0.15) is 0 Å². The van der Waals surface area contributed by atoms with E-state index in [4.69, 9.17) is 9.72 Å². The second-order valence-electron chi connectivity index (χ2n) is 22.2. The Labute approximate surface area is 426 Å². The van der Waals surface area contributed by atoms with E-state index in [1.165, 1.54) is 55.7 Å². The Balaban J connectivity index is 0.980. The number of ether oxygens (including phenoxy) is 1. The SMILES string of the molecule is CC(C)(C)c1ccc2c(c1)N(c1cc(C(C)(C)c3ccccc3)cc(C(C)(C)c3ccccc3)c1)CN2c1cccc(Oc2ccc3c4ccccc4n(-c4cc(C(C)(C)c5ccccc5)ccn4)c3c2)c1. The van der Waals surface area contributed by atoms with Gasteiger partial charge in [-0.25, -0.2) is 4.98 Å². The maximum Gasteiger partial charge on any atom is 0.137 e. The number of hydrogen-bond acceptors (Lipinski definition) is 4. The van der Waals surface area contributed by atoms with Gasteiger partial charge in [0.1, 0.15) is 24.0 Å². The van der Waals surface area contributed by atoms with Crippen LogP contribution in [0.3, 0.4) is 0 Å². The largest absolute Gasteiger partial charge is 0.457 e. The zero-order valence-corrected chi connectivity index (χ0v) is 43.1. The van der Waals surface area contributed by atoms with Gasteiger partial charge in [-0.15, -0.1) is 0 Å². The molecular weight excluding hydrogens is 877 g/mol. The molecule has 10 aromatic rings. The minimum Gasteiger partial charge on any atom is -0.457 e. The lowest BCUT2D eigenvalue weighted by Gasteiger charge is -2.33. The summed E-state index contributed by atoms with van der Waals surface area (Å²) >= 11 is 0. The van der Waals surface area contributed by atoms with E-state index >= 15 is 0 Å². The molecule has 0 unspecified atom stereocenters. The van der Waals surface area contributed by atoms with Gasteiger partial charge in [-0.1, -0.05) is 190 Å². The third-order valence-corrected chi connectivity index (χ3v) is 15.6. The van der Waals surface area contributed by atoms with Crippen molar-refractivity contribution in [2.75, 3.05) is 16.5 Å². The summed E-state index contributed by atoms with van der Waals surface area (Å²) in [4.78, 5) is 9.95.